The van der Waals surface area contributed by atoms with Gasteiger partial charge in [-0.1, -0.05) is 36.4 Å². The molecule has 1 saturated heterocycles. The molecule has 2 aromatic carbocycles. The van der Waals surface area contributed by atoms with E-state index in [1.54, 1.807) is 6.20 Å². The molecule has 1 aliphatic heterocycles. The van der Waals surface area contributed by atoms with Crippen molar-refractivity contribution in [2.75, 3.05) is 13.1 Å². The van der Waals surface area contributed by atoms with Crippen molar-refractivity contribution in [2.24, 2.45) is 0 Å². The van der Waals surface area contributed by atoms with E-state index in [9.17, 15) is 9.59 Å². The van der Waals surface area contributed by atoms with Crippen molar-refractivity contribution in [1.82, 2.24) is 20.5 Å². The largest absolute Gasteiger partial charge is 0.353 e. The molecule has 0 saturated carbocycles. The van der Waals surface area contributed by atoms with Crippen LogP contribution in [0, 0.1) is 0 Å². The van der Waals surface area contributed by atoms with Gasteiger partial charge in [-0.3, -0.25) is 19.5 Å². The Balaban J connectivity index is 1.23. The molecule has 2 N–H and O–H groups in total. The second-order valence-corrected chi connectivity index (χ2v) is 8.39. The minimum absolute atomic E-state index is 0.0471. The molecule has 1 fully saturated rings. The minimum Gasteiger partial charge on any atom is -0.353 e. The molecule has 3 aromatic rings. The van der Waals surface area contributed by atoms with E-state index < -0.39 is 6.04 Å². The zero-order valence-corrected chi connectivity index (χ0v) is 17.4. The van der Waals surface area contributed by atoms with Crippen molar-refractivity contribution >= 4 is 22.7 Å². The van der Waals surface area contributed by atoms with Gasteiger partial charge in [0.25, 0.3) is 0 Å². The van der Waals surface area contributed by atoms with E-state index in [-0.39, 0.29) is 24.3 Å². The SMILES string of the molecule is O=C(CC1C(=O)NCCN1C1Cc2ccccc2C1)NCc1ccc2ncccc2c1. The Bertz CT molecular complexity index is 1100. The number of pyridine rings is 1. The number of hydrogen-bond acceptors (Lipinski definition) is 4. The Morgan fingerprint density at radius 2 is 1.90 bits per heavy atom. The van der Waals surface area contributed by atoms with Crippen molar-refractivity contribution in [3.8, 4) is 0 Å². The molecule has 2 amide bonds. The Morgan fingerprint density at radius 3 is 2.71 bits per heavy atom. The van der Waals surface area contributed by atoms with Crippen molar-refractivity contribution < 1.29 is 9.59 Å². The minimum atomic E-state index is -0.422. The summed E-state index contributed by atoms with van der Waals surface area (Å²) in [6, 6.07) is 18.2. The molecule has 0 bridgehead atoms. The predicted molar refractivity (Wildman–Crippen MR) is 119 cm³/mol. The molecule has 1 aromatic heterocycles. The van der Waals surface area contributed by atoms with Crippen molar-refractivity contribution in [1.29, 1.82) is 0 Å². The van der Waals surface area contributed by atoms with Crippen molar-refractivity contribution in [2.45, 2.75) is 37.9 Å². The molecule has 158 valence electrons. The number of hydrogen-bond donors (Lipinski definition) is 2. The lowest BCUT2D eigenvalue weighted by atomic mass is 10.0. The standard InChI is InChI=1S/C25H26N4O2/c30-24(28-16-17-7-8-22-20(12-17)6-3-9-26-22)15-23-25(31)27-10-11-29(23)21-13-18-4-1-2-5-19(18)14-21/h1-9,12,21,23H,10-11,13-16H2,(H,27,31)(H,28,30). The summed E-state index contributed by atoms with van der Waals surface area (Å²) in [5, 5.41) is 6.98. The third-order valence-electron chi connectivity index (χ3n) is 6.41. The topological polar surface area (TPSA) is 74.3 Å². The number of carbonyl (C=O) groups excluding carboxylic acids is 2. The normalized spacial score (nSPS) is 19.2. The molecule has 2 aliphatic rings. The van der Waals surface area contributed by atoms with Crippen molar-refractivity contribution in [3.63, 3.8) is 0 Å². The van der Waals surface area contributed by atoms with Crippen LogP contribution in [0.2, 0.25) is 0 Å². The zero-order valence-electron chi connectivity index (χ0n) is 17.4. The monoisotopic (exact) mass is 414 g/mol. The number of fused-ring (bicyclic) bond motifs is 2. The predicted octanol–water partition coefficient (Wildman–Crippen LogP) is 2.21. The van der Waals surface area contributed by atoms with Crippen LogP contribution in [0.25, 0.3) is 10.9 Å². The Hall–Kier alpha value is -3.25. The number of benzene rings is 2. The van der Waals surface area contributed by atoms with Gasteiger partial charge in [-0.2, -0.15) is 0 Å². The van der Waals surface area contributed by atoms with Gasteiger partial charge < -0.3 is 10.6 Å². The summed E-state index contributed by atoms with van der Waals surface area (Å²) in [5.41, 5.74) is 4.66. The highest BCUT2D eigenvalue weighted by atomic mass is 16.2. The van der Waals surface area contributed by atoms with E-state index in [1.807, 2.05) is 30.3 Å². The average molecular weight is 415 g/mol. The van der Waals surface area contributed by atoms with Crippen LogP contribution in [0.1, 0.15) is 23.1 Å². The summed E-state index contributed by atoms with van der Waals surface area (Å²) >= 11 is 0. The molecule has 1 aliphatic carbocycles. The second-order valence-electron chi connectivity index (χ2n) is 8.39. The summed E-state index contributed by atoms with van der Waals surface area (Å²) in [6.07, 6.45) is 3.82. The first-order valence-corrected chi connectivity index (χ1v) is 10.9. The Kier molecular flexibility index (Phi) is 5.38. The van der Waals surface area contributed by atoms with Gasteiger partial charge in [-0.25, -0.2) is 0 Å². The Morgan fingerprint density at radius 1 is 1.10 bits per heavy atom. The maximum Gasteiger partial charge on any atom is 0.237 e. The smallest absolute Gasteiger partial charge is 0.237 e. The lowest BCUT2D eigenvalue weighted by Crippen LogP contribution is -2.59. The van der Waals surface area contributed by atoms with Crippen LogP contribution in [-0.4, -0.2) is 46.9 Å². The van der Waals surface area contributed by atoms with Crippen LogP contribution in [0.4, 0.5) is 0 Å². The summed E-state index contributed by atoms with van der Waals surface area (Å²) in [7, 11) is 0. The van der Waals surface area contributed by atoms with Gasteiger partial charge in [0.2, 0.25) is 11.8 Å². The molecule has 6 nitrogen and oxygen atoms in total. The highest BCUT2D eigenvalue weighted by Gasteiger charge is 2.38. The quantitative estimate of drug-likeness (QED) is 0.671. The van der Waals surface area contributed by atoms with Crippen LogP contribution >= 0.6 is 0 Å². The molecule has 5 rings (SSSR count). The summed E-state index contributed by atoms with van der Waals surface area (Å²) in [4.78, 5) is 32.0. The van der Waals surface area contributed by atoms with E-state index >= 15 is 0 Å². The van der Waals surface area contributed by atoms with E-state index in [2.05, 4.69) is 44.8 Å². The van der Waals surface area contributed by atoms with Crippen LogP contribution in [-0.2, 0) is 29.0 Å². The third kappa shape index (κ3) is 4.16. The average Bonchev–Trinajstić information content (AvgIpc) is 3.23. The van der Waals surface area contributed by atoms with Crippen LogP contribution < -0.4 is 10.6 Å². The molecule has 1 unspecified atom stereocenters. The van der Waals surface area contributed by atoms with Crippen LogP contribution in [0.3, 0.4) is 0 Å². The Labute approximate surface area is 181 Å². The fourth-order valence-electron chi connectivity index (χ4n) is 4.83. The number of nitrogens with zero attached hydrogens (tertiary/aromatic N) is 2. The highest BCUT2D eigenvalue weighted by Crippen LogP contribution is 2.28. The fourth-order valence-corrected chi connectivity index (χ4v) is 4.83. The van der Waals surface area contributed by atoms with E-state index in [0.29, 0.717) is 13.1 Å². The summed E-state index contributed by atoms with van der Waals surface area (Å²) < 4.78 is 0. The molecule has 31 heavy (non-hydrogen) atoms. The van der Waals surface area contributed by atoms with Gasteiger partial charge in [0.05, 0.1) is 18.0 Å². The van der Waals surface area contributed by atoms with Gasteiger partial charge in [0, 0.05) is 37.3 Å². The lowest BCUT2D eigenvalue weighted by molar-refractivity contribution is -0.135. The molecule has 6 heteroatoms. The van der Waals surface area contributed by atoms with E-state index in [1.165, 1.54) is 11.1 Å². The van der Waals surface area contributed by atoms with Gasteiger partial charge in [-0.05, 0) is 47.7 Å². The molecular weight excluding hydrogens is 388 g/mol. The summed E-state index contributed by atoms with van der Waals surface area (Å²) in [5.74, 6) is -0.150. The van der Waals surface area contributed by atoms with Gasteiger partial charge in [0.1, 0.15) is 0 Å². The zero-order chi connectivity index (χ0) is 21.2. The van der Waals surface area contributed by atoms with Crippen LogP contribution in [0.15, 0.2) is 60.8 Å². The van der Waals surface area contributed by atoms with E-state index in [4.69, 9.17) is 0 Å². The number of piperazine rings is 1. The number of aromatic nitrogens is 1. The number of nitrogens with one attached hydrogen (secondary N) is 2. The first kappa shape index (κ1) is 19.7. The second kappa shape index (κ2) is 8.47. The molecule has 0 spiro atoms. The fraction of sp³-hybridized carbons (Fsp3) is 0.320. The number of rotatable bonds is 5. The van der Waals surface area contributed by atoms with Crippen molar-refractivity contribution in [3.05, 3.63) is 77.5 Å². The van der Waals surface area contributed by atoms with Gasteiger partial charge in [0.15, 0.2) is 0 Å². The van der Waals surface area contributed by atoms with Crippen LogP contribution in [0.5, 0.6) is 0 Å². The first-order valence-electron chi connectivity index (χ1n) is 10.9. The maximum absolute atomic E-state index is 12.7. The van der Waals surface area contributed by atoms with Gasteiger partial charge in [-0.15, -0.1) is 0 Å². The molecule has 1 atom stereocenters. The lowest BCUT2D eigenvalue weighted by Gasteiger charge is -2.38. The number of amides is 2. The third-order valence-corrected chi connectivity index (χ3v) is 6.41. The molecule has 2 heterocycles. The van der Waals surface area contributed by atoms with E-state index in [0.717, 1.165) is 35.9 Å². The molecular formula is C25H26N4O2. The highest BCUT2D eigenvalue weighted by molar-refractivity contribution is 5.89. The molecule has 0 radical (unpaired) electrons. The summed E-state index contributed by atoms with van der Waals surface area (Å²) in [6.45, 7) is 1.85. The number of carbonyl (C=O) groups is 2. The maximum atomic E-state index is 12.7. The first-order chi connectivity index (χ1) is 15.2. The van der Waals surface area contributed by atoms with Gasteiger partial charge >= 0.3 is 0 Å².